The van der Waals surface area contributed by atoms with Gasteiger partial charge in [0.15, 0.2) is 5.79 Å². The Morgan fingerprint density at radius 3 is 2.68 bits per heavy atom. The van der Waals surface area contributed by atoms with Crippen LogP contribution in [0.25, 0.3) is 0 Å². The van der Waals surface area contributed by atoms with E-state index in [9.17, 15) is 13.2 Å². The lowest BCUT2D eigenvalue weighted by Gasteiger charge is -2.17. The zero-order valence-electron chi connectivity index (χ0n) is 10.7. The van der Waals surface area contributed by atoms with E-state index in [0.717, 1.165) is 12.1 Å². The summed E-state index contributed by atoms with van der Waals surface area (Å²) in [4.78, 5) is 0. The zero-order valence-corrected chi connectivity index (χ0v) is 10.7. The van der Waals surface area contributed by atoms with Crippen molar-refractivity contribution in [3.05, 3.63) is 29.8 Å². The Morgan fingerprint density at radius 1 is 1.37 bits per heavy atom. The van der Waals surface area contributed by atoms with Gasteiger partial charge in [-0.3, -0.25) is 0 Å². The maximum absolute atomic E-state index is 12.5. The molecular formula is C13H15F3O3. The monoisotopic (exact) mass is 276 g/mol. The second-order valence-electron chi connectivity index (χ2n) is 4.79. The zero-order chi connectivity index (χ0) is 14.1. The summed E-state index contributed by atoms with van der Waals surface area (Å²) in [6.45, 7) is 4.07. The topological polar surface area (TPSA) is 27.7 Å². The predicted octanol–water partition coefficient (Wildman–Crippen LogP) is 3.24. The molecule has 2 rings (SSSR count). The lowest BCUT2D eigenvalue weighted by molar-refractivity contribution is -0.141. The van der Waals surface area contributed by atoms with Crippen molar-refractivity contribution in [2.45, 2.75) is 31.9 Å². The normalized spacial score (nSPS) is 22.5. The molecule has 0 aliphatic carbocycles. The fourth-order valence-corrected chi connectivity index (χ4v) is 1.80. The first-order valence-corrected chi connectivity index (χ1v) is 5.88. The Balaban J connectivity index is 1.94. The summed E-state index contributed by atoms with van der Waals surface area (Å²) in [5.41, 5.74) is -0.728. The van der Waals surface area contributed by atoms with E-state index in [2.05, 4.69) is 0 Å². The summed E-state index contributed by atoms with van der Waals surface area (Å²) in [5, 5.41) is 0. The minimum absolute atomic E-state index is 0.157. The first kappa shape index (κ1) is 14.1. The van der Waals surface area contributed by atoms with Gasteiger partial charge < -0.3 is 14.2 Å². The van der Waals surface area contributed by atoms with E-state index in [-0.39, 0.29) is 18.5 Å². The van der Waals surface area contributed by atoms with E-state index in [4.69, 9.17) is 14.2 Å². The summed E-state index contributed by atoms with van der Waals surface area (Å²) < 4.78 is 53.7. The predicted molar refractivity (Wildman–Crippen MR) is 61.8 cm³/mol. The molecule has 1 aromatic carbocycles. The van der Waals surface area contributed by atoms with Crippen LogP contribution in [0, 0.1) is 0 Å². The first-order chi connectivity index (χ1) is 8.76. The number of ether oxygens (including phenoxy) is 3. The number of hydrogen-bond acceptors (Lipinski definition) is 3. The van der Waals surface area contributed by atoms with Gasteiger partial charge in [-0.05, 0) is 32.0 Å². The van der Waals surface area contributed by atoms with Crippen LogP contribution in [0.5, 0.6) is 5.75 Å². The highest BCUT2D eigenvalue weighted by molar-refractivity contribution is 5.30. The van der Waals surface area contributed by atoms with Gasteiger partial charge >= 0.3 is 6.18 Å². The molecule has 1 saturated heterocycles. The molecular weight excluding hydrogens is 261 g/mol. The van der Waals surface area contributed by atoms with E-state index in [1.165, 1.54) is 12.1 Å². The quantitative estimate of drug-likeness (QED) is 0.848. The molecule has 1 heterocycles. The van der Waals surface area contributed by atoms with E-state index in [0.29, 0.717) is 6.61 Å². The minimum Gasteiger partial charge on any atom is -0.491 e. The average molecular weight is 276 g/mol. The fraction of sp³-hybridized carbons (Fsp3) is 0.538. The molecule has 1 aliphatic heterocycles. The molecule has 6 heteroatoms. The molecule has 0 spiro atoms. The number of hydrogen-bond donors (Lipinski definition) is 0. The molecule has 0 unspecified atom stereocenters. The van der Waals surface area contributed by atoms with Crippen molar-refractivity contribution in [2.24, 2.45) is 0 Å². The summed E-state index contributed by atoms with van der Waals surface area (Å²) in [6.07, 6.45) is -4.64. The van der Waals surface area contributed by atoms with Crippen molar-refractivity contribution >= 4 is 0 Å². The molecule has 0 aromatic heterocycles. The van der Waals surface area contributed by atoms with Gasteiger partial charge in [0.05, 0.1) is 12.2 Å². The first-order valence-electron chi connectivity index (χ1n) is 5.88. The molecule has 0 N–H and O–H groups in total. The molecule has 0 amide bonds. The summed E-state index contributed by atoms with van der Waals surface area (Å²) >= 11 is 0. The van der Waals surface area contributed by atoms with Gasteiger partial charge in [-0.15, -0.1) is 0 Å². The molecule has 1 fully saturated rings. The molecule has 0 saturated carbocycles. The highest BCUT2D eigenvalue weighted by Gasteiger charge is 2.33. The number of halogens is 3. The third-order valence-electron chi connectivity index (χ3n) is 2.66. The van der Waals surface area contributed by atoms with Crippen LogP contribution in [0.4, 0.5) is 13.2 Å². The van der Waals surface area contributed by atoms with Gasteiger partial charge in [0, 0.05) is 0 Å². The largest absolute Gasteiger partial charge is 0.491 e. The summed E-state index contributed by atoms with van der Waals surface area (Å²) in [6, 6.07) is 4.77. The molecule has 0 bridgehead atoms. The minimum atomic E-state index is -4.37. The second kappa shape index (κ2) is 5.02. The third kappa shape index (κ3) is 3.84. The van der Waals surface area contributed by atoms with E-state index in [1.807, 2.05) is 0 Å². The van der Waals surface area contributed by atoms with Gasteiger partial charge in [0.2, 0.25) is 0 Å². The van der Waals surface area contributed by atoms with Crippen LogP contribution in [0.1, 0.15) is 19.4 Å². The summed E-state index contributed by atoms with van der Waals surface area (Å²) in [7, 11) is 0. The molecule has 1 aliphatic rings. The van der Waals surface area contributed by atoms with Crippen molar-refractivity contribution in [3.8, 4) is 5.75 Å². The van der Waals surface area contributed by atoms with E-state index < -0.39 is 17.5 Å². The van der Waals surface area contributed by atoms with Gasteiger partial charge in [0.1, 0.15) is 18.5 Å². The number of benzene rings is 1. The van der Waals surface area contributed by atoms with Crippen molar-refractivity contribution < 1.29 is 27.4 Å². The maximum Gasteiger partial charge on any atom is 0.416 e. The SMILES string of the molecule is CC1(C)OC[C@@H](COc2cccc(C(F)(F)F)c2)O1. The van der Waals surface area contributed by atoms with Crippen LogP contribution < -0.4 is 4.74 Å². The molecule has 3 nitrogen and oxygen atoms in total. The van der Waals surface area contributed by atoms with Gasteiger partial charge in [0.25, 0.3) is 0 Å². The van der Waals surface area contributed by atoms with Crippen LogP contribution >= 0.6 is 0 Å². The Labute approximate surface area is 109 Å². The molecule has 19 heavy (non-hydrogen) atoms. The fourth-order valence-electron chi connectivity index (χ4n) is 1.80. The van der Waals surface area contributed by atoms with E-state index >= 15 is 0 Å². The Morgan fingerprint density at radius 2 is 2.11 bits per heavy atom. The Kier molecular flexibility index (Phi) is 3.73. The van der Waals surface area contributed by atoms with Crippen LogP contribution in [0.3, 0.4) is 0 Å². The van der Waals surface area contributed by atoms with Crippen LogP contribution in [0.2, 0.25) is 0 Å². The van der Waals surface area contributed by atoms with E-state index in [1.54, 1.807) is 13.8 Å². The van der Waals surface area contributed by atoms with Crippen LogP contribution in [-0.2, 0) is 15.7 Å². The van der Waals surface area contributed by atoms with Gasteiger partial charge in [-0.25, -0.2) is 0 Å². The smallest absolute Gasteiger partial charge is 0.416 e. The van der Waals surface area contributed by atoms with Crippen LogP contribution in [0.15, 0.2) is 24.3 Å². The second-order valence-corrected chi connectivity index (χ2v) is 4.79. The maximum atomic E-state index is 12.5. The lowest BCUT2D eigenvalue weighted by Crippen LogP contribution is -2.25. The van der Waals surface area contributed by atoms with Gasteiger partial charge in [-0.1, -0.05) is 6.07 Å². The Hall–Kier alpha value is -1.27. The molecule has 1 aromatic rings. The average Bonchev–Trinajstić information content (AvgIpc) is 2.66. The summed E-state index contributed by atoms with van der Waals surface area (Å²) in [5.74, 6) is -0.495. The Bertz CT molecular complexity index is 443. The number of rotatable bonds is 3. The standard InChI is InChI=1S/C13H15F3O3/c1-12(2)18-8-11(19-12)7-17-10-5-3-4-9(6-10)13(14,15)16/h3-6,11H,7-8H2,1-2H3/t11-/m1/s1. The van der Waals surface area contributed by atoms with Gasteiger partial charge in [-0.2, -0.15) is 13.2 Å². The highest BCUT2D eigenvalue weighted by Crippen LogP contribution is 2.31. The van der Waals surface area contributed by atoms with Crippen molar-refractivity contribution in [1.82, 2.24) is 0 Å². The van der Waals surface area contributed by atoms with Crippen LogP contribution in [-0.4, -0.2) is 25.1 Å². The van der Waals surface area contributed by atoms with Crippen molar-refractivity contribution in [3.63, 3.8) is 0 Å². The molecule has 106 valence electrons. The molecule has 1 atom stereocenters. The molecule has 0 radical (unpaired) electrons. The van der Waals surface area contributed by atoms with Crippen molar-refractivity contribution in [2.75, 3.05) is 13.2 Å². The lowest BCUT2D eigenvalue weighted by atomic mass is 10.2. The number of alkyl halides is 3. The highest BCUT2D eigenvalue weighted by atomic mass is 19.4. The van der Waals surface area contributed by atoms with Crippen molar-refractivity contribution in [1.29, 1.82) is 0 Å². The third-order valence-corrected chi connectivity index (χ3v) is 2.66.